The normalized spacial score (nSPS) is 10.1. The van der Waals surface area contributed by atoms with Gasteiger partial charge in [0.05, 0.1) is 12.1 Å². The molecule has 1 heterocycles. The van der Waals surface area contributed by atoms with Gasteiger partial charge in [-0.1, -0.05) is 11.6 Å². The van der Waals surface area contributed by atoms with Crippen molar-refractivity contribution in [3.8, 4) is 11.5 Å². The quantitative estimate of drug-likeness (QED) is 0.639. The van der Waals surface area contributed by atoms with Crippen LogP contribution in [0.3, 0.4) is 0 Å². The van der Waals surface area contributed by atoms with E-state index in [0.29, 0.717) is 0 Å². The minimum absolute atomic E-state index is 0.0170. The molecule has 0 amide bonds. The molecule has 0 spiro atoms. The molecule has 0 aliphatic carbocycles. The average molecular weight is 283 g/mol. The van der Waals surface area contributed by atoms with Crippen LogP contribution in [-0.4, -0.2) is 23.0 Å². The molecule has 7 heteroatoms. The van der Waals surface area contributed by atoms with Crippen molar-refractivity contribution in [1.82, 2.24) is 9.97 Å². The maximum Gasteiger partial charge on any atom is 0.362 e. The first-order chi connectivity index (χ1) is 9.13. The van der Waals surface area contributed by atoms with Gasteiger partial charge >= 0.3 is 5.97 Å². The van der Waals surface area contributed by atoms with Gasteiger partial charge in [0.15, 0.2) is 17.2 Å². The Bertz CT molecular complexity index is 607. The van der Waals surface area contributed by atoms with Gasteiger partial charge in [0.1, 0.15) is 6.33 Å². The second kappa shape index (κ2) is 5.62. The summed E-state index contributed by atoms with van der Waals surface area (Å²) in [6.07, 6.45) is 2.57. The highest BCUT2D eigenvalue weighted by atomic mass is 35.5. The van der Waals surface area contributed by atoms with Crippen LogP contribution < -0.4 is 9.47 Å². The van der Waals surface area contributed by atoms with Gasteiger partial charge in [-0.05, 0) is 18.2 Å². The summed E-state index contributed by atoms with van der Waals surface area (Å²) < 4.78 is 23.6. The first-order valence-electron chi connectivity index (χ1n) is 5.13. The Kier molecular flexibility index (Phi) is 3.91. The molecule has 1 aromatic heterocycles. The van der Waals surface area contributed by atoms with E-state index in [1.807, 2.05) is 0 Å². The number of hydrogen-bond acceptors (Lipinski definition) is 5. The molecule has 2 rings (SSSR count). The van der Waals surface area contributed by atoms with Gasteiger partial charge in [-0.15, -0.1) is 0 Å². The molecular formula is C12H8ClFN2O3. The molecular weight excluding hydrogens is 275 g/mol. The number of methoxy groups -OCH3 is 1. The van der Waals surface area contributed by atoms with Crippen LogP contribution in [0, 0.1) is 5.82 Å². The van der Waals surface area contributed by atoms with Crippen molar-refractivity contribution in [2.75, 3.05) is 7.11 Å². The monoisotopic (exact) mass is 282 g/mol. The summed E-state index contributed by atoms with van der Waals surface area (Å²) in [6.45, 7) is 0. The zero-order chi connectivity index (χ0) is 13.8. The summed E-state index contributed by atoms with van der Waals surface area (Å²) in [5, 5.41) is 0.0850. The van der Waals surface area contributed by atoms with Gasteiger partial charge in [-0.2, -0.15) is 4.39 Å². The minimum atomic E-state index is -0.850. The largest absolute Gasteiger partial charge is 0.492 e. The van der Waals surface area contributed by atoms with Crippen molar-refractivity contribution in [3.63, 3.8) is 0 Å². The summed E-state index contributed by atoms with van der Waals surface area (Å²) in [4.78, 5) is 19.1. The molecule has 0 atom stereocenters. The van der Waals surface area contributed by atoms with Crippen LogP contribution in [0.1, 0.15) is 10.5 Å². The Hall–Kier alpha value is -2.21. The Morgan fingerprint density at radius 3 is 2.79 bits per heavy atom. The van der Waals surface area contributed by atoms with Gasteiger partial charge < -0.3 is 9.47 Å². The Balaban J connectivity index is 2.27. The molecule has 0 fully saturated rings. The molecule has 0 saturated carbocycles. The molecule has 5 nitrogen and oxygen atoms in total. The molecule has 0 radical (unpaired) electrons. The lowest BCUT2D eigenvalue weighted by Gasteiger charge is -2.09. The Morgan fingerprint density at radius 1 is 1.37 bits per heavy atom. The number of esters is 1. The summed E-state index contributed by atoms with van der Waals surface area (Å²) in [5.41, 5.74) is 0.0170. The van der Waals surface area contributed by atoms with E-state index in [2.05, 4.69) is 9.97 Å². The second-order valence-corrected chi connectivity index (χ2v) is 3.78. The van der Waals surface area contributed by atoms with Crippen LogP contribution in [0.5, 0.6) is 11.5 Å². The lowest BCUT2D eigenvalue weighted by molar-refractivity contribution is 0.0720. The maximum atomic E-state index is 13.9. The first kappa shape index (κ1) is 13.2. The van der Waals surface area contributed by atoms with Crippen molar-refractivity contribution in [1.29, 1.82) is 0 Å². The fraction of sp³-hybridized carbons (Fsp3) is 0.0833. The van der Waals surface area contributed by atoms with Crippen LogP contribution in [0.2, 0.25) is 5.02 Å². The van der Waals surface area contributed by atoms with E-state index >= 15 is 0 Å². The number of halogens is 2. The molecule has 19 heavy (non-hydrogen) atoms. The van der Waals surface area contributed by atoms with Gasteiger partial charge in [0.2, 0.25) is 5.82 Å². The van der Waals surface area contributed by atoms with Crippen molar-refractivity contribution in [2.45, 2.75) is 0 Å². The highest BCUT2D eigenvalue weighted by Gasteiger charge is 2.18. The van der Waals surface area contributed by atoms with Crippen molar-refractivity contribution in [2.24, 2.45) is 0 Å². The number of nitrogens with zero attached hydrogens (tertiary/aromatic N) is 2. The van der Waals surface area contributed by atoms with Gasteiger partial charge in [0, 0.05) is 6.20 Å². The number of carbonyl (C=O) groups is 1. The Morgan fingerprint density at radius 2 is 2.16 bits per heavy atom. The first-order valence-corrected chi connectivity index (χ1v) is 5.51. The predicted octanol–water partition coefficient (Wildman–Crippen LogP) is 2.50. The smallest absolute Gasteiger partial charge is 0.362 e. The third-order valence-electron chi connectivity index (χ3n) is 2.21. The molecule has 2 aromatic rings. The van der Waals surface area contributed by atoms with E-state index in [0.717, 1.165) is 0 Å². The predicted molar refractivity (Wildman–Crippen MR) is 65.0 cm³/mol. The number of ether oxygens (including phenoxy) is 2. The molecule has 0 saturated heterocycles. The number of carbonyl (C=O) groups excluding carboxylic acids is 1. The number of benzene rings is 1. The average Bonchev–Trinajstić information content (AvgIpc) is 2.43. The molecule has 98 valence electrons. The topological polar surface area (TPSA) is 61.3 Å². The molecule has 0 unspecified atom stereocenters. The lowest BCUT2D eigenvalue weighted by Crippen LogP contribution is -2.11. The highest BCUT2D eigenvalue weighted by molar-refractivity contribution is 6.32. The SMILES string of the molecule is COc1c(Cl)ccc(OC(=O)c2ccncn2)c1F. The molecule has 0 aliphatic rings. The van der Waals surface area contributed by atoms with Crippen LogP contribution >= 0.6 is 11.6 Å². The van der Waals surface area contributed by atoms with E-state index in [1.165, 1.54) is 37.8 Å². The van der Waals surface area contributed by atoms with E-state index in [9.17, 15) is 9.18 Å². The van der Waals surface area contributed by atoms with Crippen LogP contribution in [0.25, 0.3) is 0 Å². The second-order valence-electron chi connectivity index (χ2n) is 3.38. The van der Waals surface area contributed by atoms with Crippen molar-refractivity contribution in [3.05, 3.63) is 47.3 Å². The number of hydrogen-bond donors (Lipinski definition) is 0. The molecule has 1 aromatic carbocycles. The minimum Gasteiger partial charge on any atom is -0.492 e. The highest BCUT2D eigenvalue weighted by Crippen LogP contribution is 2.33. The van der Waals surface area contributed by atoms with Gasteiger partial charge in [-0.3, -0.25) is 0 Å². The third-order valence-corrected chi connectivity index (χ3v) is 2.51. The zero-order valence-corrected chi connectivity index (χ0v) is 10.5. The summed E-state index contributed by atoms with van der Waals surface area (Å²) in [7, 11) is 1.26. The summed E-state index contributed by atoms with van der Waals surface area (Å²) >= 11 is 5.73. The molecule has 0 bridgehead atoms. The number of rotatable bonds is 3. The summed E-state index contributed by atoms with van der Waals surface area (Å²) in [6, 6.07) is 3.96. The number of aromatic nitrogens is 2. The molecule has 0 aliphatic heterocycles. The van der Waals surface area contributed by atoms with Crippen molar-refractivity contribution < 1.29 is 18.7 Å². The standard InChI is InChI=1S/C12H8ClFN2O3/c1-18-11-7(13)2-3-9(10(11)14)19-12(17)8-4-5-15-6-16-8/h2-6H,1H3. The third kappa shape index (κ3) is 2.79. The molecule has 0 N–H and O–H groups in total. The van der Waals surface area contributed by atoms with Crippen LogP contribution in [0.4, 0.5) is 4.39 Å². The van der Waals surface area contributed by atoms with E-state index < -0.39 is 11.8 Å². The fourth-order valence-corrected chi connectivity index (χ4v) is 1.57. The zero-order valence-electron chi connectivity index (χ0n) is 9.76. The van der Waals surface area contributed by atoms with Gasteiger partial charge in [-0.25, -0.2) is 14.8 Å². The maximum absolute atomic E-state index is 13.9. The van der Waals surface area contributed by atoms with E-state index in [1.54, 1.807) is 0 Å². The van der Waals surface area contributed by atoms with Gasteiger partial charge in [0.25, 0.3) is 0 Å². The van der Waals surface area contributed by atoms with E-state index in [4.69, 9.17) is 21.1 Å². The van der Waals surface area contributed by atoms with E-state index in [-0.39, 0.29) is 22.2 Å². The van der Waals surface area contributed by atoms with Crippen LogP contribution in [0.15, 0.2) is 30.7 Å². The Labute approximate surface area is 113 Å². The fourth-order valence-electron chi connectivity index (χ4n) is 1.34. The summed E-state index contributed by atoms with van der Waals surface area (Å²) in [5.74, 6) is -2.12. The van der Waals surface area contributed by atoms with Crippen LogP contribution in [-0.2, 0) is 0 Å². The lowest BCUT2D eigenvalue weighted by atomic mass is 10.3. The van der Waals surface area contributed by atoms with Crippen molar-refractivity contribution >= 4 is 17.6 Å².